The number of pyridine rings is 1. The summed E-state index contributed by atoms with van der Waals surface area (Å²) in [4.78, 5) is 11.2. The monoisotopic (exact) mass is 184 g/mol. The molecule has 0 spiro atoms. The van der Waals surface area contributed by atoms with Gasteiger partial charge < -0.3 is 10.3 Å². The first kappa shape index (κ1) is 9.92. The van der Waals surface area contributed by atoms with Gasteiger partial charge in [-0.1, -0.05) is 6.92 Å². The van der Waals surface area contributed by atoms with E-state index >= 15 is 0 Å². The number of nitrogens with two attached hydrogens (primary N) is 1. The third kappa shape index (κ3) is 2.66. The molecule has 13 heavy (non-hydrogen) atoms. The Morgan fingerprint density at radius 3 is 2.92 bits per heavy atom. The third-order valence-corrected chi connectivity index (χ3v) is 1.86. The van der Waals surface area contributed by atoms with Crippen LogP contribution in [0.25, 0.3) is 0 Å². The Balaban J connectivity index is 2.87. The molecule has 0 aromatic carbocycles. The van der Waals surface area contributed by atoms with E-state index in [2.05, 4.69) is 0 Å². The van der Waals surface area contributed by atoms with Crippen LogP contribution in [0.4, 0.5) is 4.39 Å². The lowest BCUT2D eigenvalue weighted by molar-refractivity contribution is 0.470. The van der Waals surface area contributed by atoms with Crippen LogP contribution in [0.1, 0.15) is 6.92 Å². The Labute approximate surface area is 76.0 Å². The average molecular weight is 184 g/mol. The third-order valence-electron chi connectivity index (χ3n) is 1.86. The average Bonchev–Trinajstić information content (AvgIpc) is 2.11. The molecule has 1 heterocycles. The second-order valence-corrected chi connectivity index (χ2v) is 3.18. The Kier molecular flexibility index (Phi) is 3.19. The highest BCUT2D eigenvalue weighted by atomic mass is 19.1. The van der Waals surface area contributed by atoms with Crippen LogP contribution in [0, 0.1) is 11.7 Å². The van der Waals surface area contributed by atoms with E-state index < -0.39 is 5.82 Å². The number of aromatic nitrogens is 1. The van der Waals surface area contributed by atoms with E-state index in [4.69, 9.17) is 5.73 Å². The standard InChI is InChI=1S/C9H13FN2O/c1-7(4-11)5-12-6-8(10)2-3-9(12)13/h2-3,6-7H,4-5,11H2,1H3/t7-/m1/s1. The largest absolute Gasteiger partial charge is 0.330 e. The van der Waals surface area contributed by atoms with Crippen molar-refractivity contribution < 1.29 is 4.39 Å². The number of nitrogens with zero attached hydrogens (tertiary/aromatic N) is 1. The topological polar surface area (TPSA) is 48.0 Å². The van der Waals surface area contributed by atoms with E-state index in [1.807, 2.05) is 6.92 Å². The van der Waals surface area contributed by atoms with Gasteiger partial charge in [0.2, 0.25) is 0 Å². The lowest BCUT2D eigenvalue weighted by atomic mass is 10.2. The highest BCUT2D eigenvalue weighted by Crippen LogP contribution is 1.97. The molecular formula is C9H13FN2O. The maximum atomic E-state index is 12.7. The predicted octanol–water partition coefficient (Wildman–Crippen LogP) is 0.582. The van der Waals surface area contributed by atoms with Gasteiger partial charge in [-0.15, -0.1) is 0 Å². The normalized spacial score (nSPS) is 12.8. The molecule has 0 aliphatic carbocycles. The summed E-state index contributed by atoms with van der Waals surface area (Å²) in [5.41, 5.74) is 5.21. The molecule has 1 aromatic rings. The number of hydrogen-bond acceptors (Lipinski definition) is 2. The van der Waals surface area contributed by atoms with Crippen molar-refractivity contribution in [2.24, 2.45) is 11.7 Å². The zero-order valence-corrected chi connectivity index (χ0v) is 7.53. The van der Waals surface area contributed by atoms with Crippen molar-refractivity contribution in [3.8, 4) is 0 Å². The molecule has 72 valence electrons. The Hall–Kier alpha value is -1.16. The summed E-state index contributed by atoms with van der Waals surface area (Å²) in [6.45, 7) is 2.87. The molecule has 3 nitrogen and oxygen atoms in total. The summed E-state index contributed by atoms with van der Waals surface area (Å²) in [6.07, 6.45) is 1.20. The second kappa shape index (κ2) is 4.18. The van der Waals surface area contributed by atoms with E-state index in [-0.39, 0.29) is 11.5 Å². The summed E-state index contributed by atoms with van der Waals surface area (Å²) < 4.78 is 14.1. The molecule has 0 bridgehead atoms. The fourth-order valence-electron chi connectivity index (χ4n) is 1.06. The van der Waals surface area contributed by atoms with Crippen LogP contribution in [-0.2, 0) is 6.54 Å². The van der Waals surface area contributed by atoms with Gasteiger partial charge in [0.1, 0.15) is 5.82 Å². The minimum absolute atomic E-state index is 0.180. The summed E-state index contributed by atoms with van der Waals surface area (Å²) in [7, 11) is 0. The van der Waals surface area contributed by atoms with E-state index in [9.17, 15) is 9.18 Å². The zero-order chi connectivity index (χ0) is 9.84. The van der Waals surface area contributed by atoms with Crippen LogP contribution < -0.4 is 11.3 Å². The SMILES string of the molecule is C[C@H](CN)Cn1cc(F)ccc1=O. The number of hydrogen-bond donors (Lipinski definition) is 1. The fourth-order valence-corrected chi connectivity index (χ4v) is 1.06. The summed E-state index contributed by atoms with van der Waals surface area (Å²) in [6, 6.07) is 2.38. The molecule has 0 amide bonds. The van der Waals surface area contributed by atoms with Crippen LogP contribution >= 0.6 is 0 Å². The van der Waals surface area contributed by atoms with Gasteiger partial charge in [0.05, 0.1) is 0 Å². The Morgan fingerprint density at radius 2 is 2.31 bits per heavy atom. The molecule has 0 saturated heterocycles. The molecule has 0 unspecified atom stereocenters. The van der Waals surface area contributed by atoms with Crippen molar-refractivity contribution >= 4 is 0 Å². The van der Waals surface area contributed by atoms with Gasteiger partial charge in [-0.3, -0.25) is 4.79 Å². The second-order valence-electron chi connectivity index (χ2n) is 3.18. The van der Waals surface area contributed by atoms with E-state index in [0.717, 1.165) is 6.07 Å². The molecular weight excluding hydrogens is 171 g/mol. The van der Waals surface area contributed by atoms with Crippen molar-refractivity contribution in [1.82, 2.24) is 4.57 Å². The molecule has 0 radical (unpaired) electrons. The minimum Gasteiger partial charge on any atom is -0.330 e. The summed E-state index contributed by atoms with van der Waals surface area (Å²) in [5, 5.41) is 0. The van der Waals surface area contributed by atoms with Gasteiger partial charge in [0.25, 0.3) is 5.56 Å². The van der Waals surface area contributed by atoms with E-state index in [1.165, 1.54) is 16.8 Å². The zero-order valence-electron chi connectivity index (χ0n) is 7.53. The summed E-state index contributed by atoms with van der Waals surface area (Å²) in [5.74, 6) is -0.219. The smallest absolute Gasteiger partial charge is 0.250 e. The van der Waals surface area contributed by atoms with Crippen molar-refractivity contribution in [3.63, 3.8) is 0 Å². The first-order valence-electron chi connectivity index (χ1n) is 4.19. The number of rotatable bonds is 3. The van der Waals surface area contributed by atoms with Gasteiger partial charge >= 0.3 is 0 Å². The van der Waals surface area contributed by atoms with Crippen LogP contribution in [0.2, 0.25) is 0 Å². The van der Waals surface area contributed by atoms with Crippen molar-refractivity contribution in [2.75, 3.05) is 6.54 Å². The maximum Gasteiger partial charge on any atom is 0.250 e. The van der Waals surface area contributed by atoms with Crippen molar-refractivity contribution in [1.29, 1.82) is 0 Å². The van der Waals surface area contributed by atoms with Crippen LogP contribution in [-0.4, -0.2) is 11.1 Å². The highest BCUT2D eigenvalue weighted by Gasteiger charge is 2.02. The van der Waals surface area contributed by atoms with Gasteiger partial charge in [-0.05, 0) is 18.5 Å². The Morgan fingerprint density at radius 1 is 1.62 bits per heavy atom. The predicted molar refractivity (Wildman–Crippen MR) is 48.9 cm³/mol. The molecule has 0 aliphatic heterocycles. The van der Waals surface area contributed by atoms with E-state index in [1.54, 1.807) is 0 Å². The summed E-state index contributed by atoms with van der Waals surface area (Å²) >= 11 is 0. The number of halogens is 1. The van der Waals surface area contributed by atoms with Crippen LogP contribution in [0.5, 0.6) is 0 Å². The molecule has 0 fully saturated rings. The molecule has 0 aliphatic rings. The molecule has 1 aromatic heterocycles. The minimum atomic E-state index is -0.399. The van der Waals surface area contributed by atoms with Gasteiger partial charge in [-0.2, -0.15) is 0 Å². The van der Waals surface area contributed by atoms with Crippen LogP contribution in [0.15, 0.2) is 23.1 Å². The quantitative estimate of drug-likeness (QED) is 0.747. The van der Waals surface area contributed by atoms with Gasteiger partial charge in [0, 0.05) is 18.8 Å². The van der Waals surface area contributed by atoms with Crippen molar-refractivity contribution in [3.05, 3.63) is 34.5 Å². The lowest BCUT2D eigenvalue weighted by Crippen LogP contribution is -2.25. The first-order chi connectivity index (χ1) is 6.13. The lowest BCUT2D eigenvalue weighted by Gasteiger charge is -2.10. The molecule has 1 atom stereocenters. The van der Waals surface area contributed by atoms with Gasteiger partial charge in [-0.25, -0.2) is 4.39 Å². The fraction of sp³-hybridized carbons (Fsp3) is 0.444. The van der Waals surface area contributed by atoms with Crippen molar-refractivity contribution in [2.45, 2.75) is 13.5 Å². The highest BCUT2D eigenvalue weighted by molar-refractivity contribution is 4.96. The molecule has 4 heteroatoms. The first-order valence-corrected chi connectivity index (χ1v) is 4.19. The maximum absolute atomic E-state index is 12.7. The van der Waals surface area contributed by atoms with Gasteiger partial charge in [0.15, 0.2) is 0 Å². The molecule has 1 rings (SSSR count). The van der Waals surface area contributed by atoms with E-state index in [0.29, 0.717) is 13.1 Å². The molecule has 2 N–H and O–H groups in total. The molecule has 0 saturated carbocycles. The van der Waals surface area contributed by atoms with Crippen LogP contribution in [0.3, 0.4) is 0 Å². The Bertz CT molecular complexity index is 335.